The van der Waals surface area contributed by atoms with Crippen molar-refractivity contribution in [2.45, 2.75) is 12.5 Å². The fraction of sp³-hybridized carbons (Fsp3) is 0.154. The zero-order valence-corrected chi connectivity index (χ0v) is 10.2. The van der Waals surface area contributed by atoms with Gasteiger partial charge in [-0.3, -0.25) is 0 Å². The van der Waals surface area contributed by atoms with Crippen LogP contribution in [0.2, 0.25) is 5.02 Å². The van der Waals surface area contributed by atoms with Crippen LogP contribution in [0.25, 0.3) is 0 Å². The van der Waals surface area contributed by atoms with E-state index < -0.39 is 11.9 Å². The Kier molecular flexibility index (Phi) is 3.79. The Bertz CT molecular complexity index is 562. The predicted octanol–water partition coefficient (Wildman–Crippen LogP) is 2.73. The number of hydrogen-bond donors (Lipinski definition) is 2. The number of rotatable bonds is 3. The number of hydrogen-bond acceptors (Lipinski definition) is 3. The van der Waals surface area contributed by atoms with Crippen LogP contribution >= 0.6 is 11.6 Å². The van der Waals surface area contributed by atoms with Gasteiger partial charge in [-0.1, -0.05) is 23.7 Å². The van der Waals surface area contributed by atoms with Crippen molar-refractivity contribution in [2.24, 2.45) is 0 Å². The van der Waals surface area contributed by atoms with Gasteiger partial charge in [-0.2, -0.15) is 0 Å². The molecule has 0 saturated heterocycles. The van der Waals surface area contributed by atoms with Gasteiger partial charge in [0.2, 0.25) is 0 Å². The minimum Gasteiger partial charge on any atom is -0.388 e. The molecule has 3 N–H and O–H groups in total. The third-order valence-corrected chi connectivity index (χ3v) is 3.01. The summed E-state index contributed by atoms with van der Waals surface area (Å²) < 4.78 is 12.9. The third kappa shape index (κ3) is 2.78. The molecule has 0 amide bonds. The van der Waals surface area contributed by atoms with Crippen LogP contribution in [0.15, 0.2) is 36.5 Å². The summed E-state index contributed by atoms with van der Waals surface area (Å²) in [5.74, 6) is -0.123. The molecule has 1 aromatic carbocycles. The Hall–Kier alpha value is -1.65. The van der Waals surface area contributed by atoms with Crippen LogP contribution in [-0.2, 0) is 6.42 Å². The summed E-state index contributed by atoms with van der Waals surface area (Å²) in [5, 5.41) is 10.4. The van der Waals surface area contributed by atoms with E-state index in [4.69, 9.17) is 17.3 Å². The monoisotopic (exact) mass is 266 g/mol. The molecule has 0 fully saturated rings. The maximum absolute atomic E-state index is 12.9. The molecule has 1 aromatic heterocycles. The molecule has 0 saturated carbocycles. The van der Waals surface area contributed by atoms with Crippen LogP contribution < -0.4 is 5.73 Å². The van der Waals surface area contributed by atoms with Crippen molar-refractivity contribution in [1.29, 1.82) is 0 Å². The lowest BCUT2D eigenvalue weighted by atomic mass is 10.0. The van der Waals surface area contributed by atoms with Gasteiger partial charge < -0.3 is 10.8 Å². The molecule has 3 nitrogen and oxygen atoms in total. The zero-order valence-electron chi connectivity index (χ0n) is 9.48. The van der Waals surface area contributed by atoms with E-state index in [1.807, 2.05) is 0 Å². The van der Waals surface area contributed by atoms with Crippen molar-refractivity contribution < 1.29 is 9.50 Å². The number of aliphatic hydroxyl groups excluding tert-OH is 1. The zero-order chi connectivity index (χ0) is 13.1. The van der Waals surface area contributed by atoms with Crippen molar-refractivity contribution in [3.05, 3.63) is 58.5 Å². The molecule has 1 unspecified atom stereocenters. The predicted molar refractivity (Wildman–Crippen MR) is 68.7 cm³/mol. The molecule has 18 heavy (non-hydrogen) atoms. The maximum Gasteiger partial charge on any atom is 0.129 e. The first-order valence-corrected chi connectivity index (χ1v) is 5.78. The second kappa shape index (κ2) is 5.33. The molecule has 0 aliphatic carbocycles. The number of pyridine rings is 1. The number of nitrogen functional groups attached to an aromatic ring is 1. The Morgan fingerprint density at radius 1 is 1.39 bits per heavy atom. The lowest BCUT2D eigenvalue weighted by Crippen LogP contribution is -2.07. The van der Waals surface area contributed by atoms with Gasteiger partial charge >= 0.3 is 0 Å². The molecule has 0 bridgehead atoms. The highest BCUT2D eigenvalue weighted by molar-refractivity contribution is 6.31. The smallest absolute Gasteiger partial charge is 0.129 e. The second-order valence-electron chi connectivity index (χ2n) is 3.93. The molecule has 5 heteroatoms. The van der Waals surface area contributed by atoms with Crippen molar-refractivity contribution in [2.75, 3.05) is 5.73 Å². The molecule has 0 radical (unpaired) electrons. The summed E-state index contributed by atoms with van der Waals surface area (Å²) in [6.45, 7) is 0. The fourth-order valence-corrected chi connectivity index (χ4v) is 1.96. The molecular weight excluding hydrogens is 255 g/mol. The molecule has 0 aliphatic rings. The van der Waals surface area contributed by atoms with Crippen LogP contribution in [0.3, 0.4) is 0 Å². The highest BCUT2D eigenvalue weighted by Crippen LogP contribution is 2.26. The van der Waals surface area contributed by atoms with Gasteiger partial charge in [-0.25, -0.2) is 9.37 Å². The second-order valence-corrected chi connectivity index (χ2v) is 4.34. The van der Waals surface area contributed by atoms with Gasteiger partial charge in [0.15, 0.2) is 0 Å². The van der Waals surface area contributed by atoms with E-state index in [0.29, 0.717) is 11.1 Å². The summed E-state index contributed by atoms with van der Waals surface area (Å²) in [4.78, 5) is 3.90. The Labute approximate surface area is 109 Å². The minimum atomic E-state index is -0.818. The molecule has 2 rings (SSSR count). The largest absolute Gasteiger partial charge is 0.388 e. The van der Waals surface area contributed by atoms with Crippen LogP contribution in [0, 0.1) is 5.82 Å². The van der Waals surface area contributed by atoms with E-state index in [2.05, 4.69) is 4.98 Å². The first-order chi connectivity index (χ1) is 8.58. The van der Waals surface area contributed by atoms with Crippen molar-refractivity contribution in [3.63, 3.8) is 0 Å². The van der Waals surface area contributed by atoms with Gasteiger partial charge in [-0.15, -0.1) is 0 Å². The van der Waals surface area contributed by atoms with Gasteiger partial charge in [0.1, 0.15) is 11.6 Å². The van der Waals surface area contributed by atoms with Gasteiger partial charge in [0, 0.05) is 23.2 Å². The molecule has 0 aliphatic heterocycles. The molecular formula is C13H12ClFN2O. The van der Waals surface area contributed by atoms with Crippen LogP contribution in [-0.4, -0.2) is 10.1 Å². The number of nitrogens with two attached hydrogens (primary N) is 1. The van der Waals surface area contributed by atoms with Crippen LogP contribution in [0.4, 0.5) is 10.2 Å². The van der Waals surface area contributed by atoms with E-state index in [9.17, 15) is 9.50 Å². The van der Waals surface area contributed by atoms with Crippen LogP contribution in [0.1, 0.15) is 17.2 Å². The van der Waals surface area contributed by atoms with Gasteiger partial charge in [0.05, 0.1) is 6.10 Å². The minimum absolute atomic E-state index is 0.259. The first-order valence-electron chi connectivity index (χ1n) is 5.40. The molecule has 1 atom stereocenters. The standard InChI is InChI=1S/C13H12ClFN2O/c14-11-7-9(15)4-3-8(11)6-12(18)10-2-1-5-17-13(10)16/h1-5,7,12,18H,6H2,(H2,16,17). The number of benzene rings is 1. The quantitative estimate of drug-likeness (QED) is 0.898. The van der Waals surface area contributed by atoms with Gasteiger partial charge in [0.25, 0.3) is 0 Å². The maximum atomic E-state index is 12.9. The first kappa shape index (κ1) is 12.8. The number of nitrogens with zero attached hydrogens (tertiary/aromatic N) is 1. The summed E-state index contributed by atoms with van der Waals surface area (Å²) >= 11 is 5.90. The molecule has 1 heterocycles. The Morgan fingerprint density at radius 2 is 2.17 bits per heavy atom. The van der Waals surface area contributed by atoms with E-state index in [-0.39, 0.29) is 17.3 Å². The van der Waals surface area contributed by atoms with E-state index in [1.165, 1.54) is 12.1 Å². The average Bonchev–Trinajstić information content (AvgIpc) is 2.33. The molecule has 0 spiro atoms. The number of anilines is 1. The molecule has 94 valence electrons. The summed E-state index contributed by atoms with van der Waals surface area (Å²) in [6.07, 6.45) is 0.993. The summed E-state index contributed by atoms with van der Waals surface area (Å²) in [5.41, 5.74) is 6.87. The Balaban J connectivity index is 2.21. The number of halogens is 2. The van der Waals surface area contributed by atoms with E-state index >= 15 is 0 Å². The van der Waals surface area contributed by atoms with Crippen molar-refractivity contribution >= 4 is 17.4 Å². The number of aliphatic hydroxyl groups is 1. The SMILES string of the molecule is Nc1ncccc1C(O)Cc1ccc(F)cc1Cl. The normalized spacial score (nSPS) is 12.4. The van der Waals surface area contributed by atoms with E-state index in [1.54, 1.807) is 24.4 Å². The van der Waals surface area contributed by atoms with Crippen LogP contribution in [0.5, 0.6) is 0 Å². The highest BCUT2D eigenvalue weighted by Gasteiger charge is 2.14. The topological polar surface area (TPSA) is 59.1 Å². The lowest BCUT2D eigenvalue weighted by Gasteiger charge is -2.13. The summed E-state index contributed by atoms with van der Waals surface area (Å²) in [6, 6.07) is 7.47. The van der Waals surface area contributed by atoms with Gasteiger partial charge in [-0.05, 0) is 23.8 Å². The fourth-order valence-electron chi connectivity index (χ4n) is 1.72. The summed E-state index contributed by atoms with van der Waals surface area (Å²) in [7, 11) is 0. The third-order valence-electron chi connectivity index (χ3n) is 2.66. The average molecular weight is 267 g/mol. The molecule has 2 aromatic rings. The van der Waals surface area contributed by atoms with Crippen molar-refractivity contribution in [1.82, 2.24) is 4.98 Å². The lowest BCUT2D eigenvalue weighted by molar-refractivity contribution is 0.179. The highest BCUT2D eigenvalue weighted by atomic mass is 35.5. The Morgan fingerprint density at radius 3 is 2.83 bits per heavy atom. The number of aromatic nitrogens is 1. The van der Waals surface area contributed by atoms with Crippen molar-refractivity contribution in [3.8, 4) is 0 Å². The van der Waals surface area contributed by atoms with E-state index in [0.717, 1.165) is 0 Å².